The van der Waals surface area contributed by atoms with E-state index >= 15 is 0 Å². The van der Waals surface area contributed by atoms with Gasteiger partial charge in [-0.1, -0.05) is 12.8 Å². The van der Waals surface area contributed by atoms with Gasteiger partial charge in [-0.05, 0) is 18.6 Å². The minimum absolute atomic E-state index is 0.0425. The predicted octanol–water partition coefficient (Wildman–Crippen LogP) is 1.56. The van der Waals surface area contributed by atoms with E-state index in [1.807, 2.05) is 0 Å². The Balaban J connectivity index is 3.27. The summed E-state index contributed by atoms with van der Waals surface area (Å²) in [6.07, 6.45) is 0. The molecule has 0 fully saturated rings. The quantitative estimate of drug-likeness (QED) is 0.528. The molecule has 0 aliphatic heterocycles. The van der Waals surface area contributed by atoms with Gasteiger partial charge in [0.05, 0.1) is 5.00 Å². The zero-order valence-corrected chi connectivity index (χ0v) is 8.63. The van der Waals surface area contributed by atoms with Crippen molar-refractivity contribution in [1.82, 2.24) is 0 Å². The molecule has 0 amide bonds. The summed E-state index contributed by atoms with van der Waals surface area (Å²) >= 11 is 4.69. The third kappa shape index (κ3) is 1.92. The lowest BCUT2D eigenvalue weighted by atomic mass is 10.4. The van der Waals surface area contributed by atoms with Gasteiger partial charge in [0.15, 0.2) is 4.21 Å². The smallest absolute Gasteiger partial charge is 0.304 e. The molecule has 0 aliphatic carbocycles. The zero-order chi connectivity index (χ0) is 9.35. The van der Waals surface area contributed by atoms with Crippen LogP contribution in [0, 0.1) is 6.92 Å². The molecule has 0 atom stereocenters. The van der Waals surface area contributed by atoms with Crippen molar-refractivity contribution in [2.75, 3.05) is 4.72 Å². The van der Waals surface area contributed by atoms with Crippen LogP contribution in [-0.4, -0.2) is 13.0 Å². The van der Waals surface area contributed by atoms with E-state index < -0.39 is 10.1 Å². The first kappa shape index (κ1) is 9.85. The summed E-state index contributed by atoms with van der Waals surface area (Å²) in [7, 11) is -4.08. The van der Waals surface area contributed by atoms with Crippen LogP contribution in [0.25, 0.3) is 0 Å². The molecular formula is C5H7NO3S3. The van der Waals surface area contributed by atoms with Crippen molar-refractivity contribution in [1.29, 1.82) is 0 Å². The van der Waals surface area contributed by atoms with Gasteiger partial charge in [-0.25, -0.2) is 0 Å². The number of hydrogen-bond donors (Lipinski definition) is 3. The maximum Gasteiger partial charge on any atom is 0.304 e. The largest absolute Gasteiger partial charge is 0.324 e. The van der Waals surface area contributed by atoms with Gasteiger partial charge in [-0.3, -0.25) is 4.55 Å². The van der Waals surface area contributed by atoms with Gasteiger partial charge >= 0.3 is 10.1 Å². The highest BCUT2D eigenvalue weighted by molar-refractivity contribution is 7.88. The zero-order valence-electron chi connectivity index (χ0n) is 6.10. The highest BCUT2D eigenvalue weighted by Gasteiger charge is 2.16. The Kier molecular flexibility index (Phi) is 2.67. The summed E-state index contributed by atoms with van der Waals surface area (Å²) in [6.45, 7) is 1.61. The lowest BCUT2D eigenvalue weighted by molar-refractivity contribution is 0.485. The van der Waals surface area contributed by atoms with Crippen LogP contribution in [0.1, 0.15) is 5.56 Å². The average molecular weight is 225 g/mol. The van der Waals surface area contributed by atoms with Gasteiger partial charge in [0.25, 0.3) is 0 Å². The molecule has 0 aromatic carbocycles. The summed E-state index contributed by atoms with van der Waals surface area (Å²) in [4.78, 5) is 0. The maximum atomic E-state index is 10.7. The molecule has 2 N–H and O–H groups in total. The Morgan fingerprint density at radius 3 is 2.50 bits per heavy atom. The van der Waals surface area contributed by atoms with Crippen LogP contribution in [0.5, 0.6) is 0 Å². The molecule has 0 radical (unpaired) electrons. The minimum atomic E-state index is -4.08. The molecule has 7 heteroatoms. The van der Waals surface area contributed by atoms with Crippen molar-refractivity contribution in [3.05, 3.63) is 11.6 Å². The first-order chi connectivity index (χ1) is 5.45. The van der Waals surface area contributed by atoms with Crippen LogP contribution < -0.4 is 4.72 Å². The predicted molar refractivity (Wildman–Crippen MR) is 51.5 cm³/mol. The van der Waals surface area contributed by atoms with Crippen molar-refractivity contribution < 1.29 is 13.0 Å². The molecule has 4 nitrogen and oxygen atoms in total. The fourth-order valence-corrected chi connectivity index (χ4v) is 2.84. The Bertz CT molecular complexity index is 381. The Morgan fingerprint density at radius 1 is 1.67 bits per heavy atom. The fourth-order valence-electron chi connectivity index (χ4n) is 0.777. The average Bonchev–Trinajstić information content (AvgIpc) is 2.29. The van der Waals surface area contributed by atoms with Gasteiger partial charge in [0.1, 0.15) is 0 Å². The van der Waals surface area contributed by atoms with Gasteiger partial charge in [0.2, 0.25) is 0 Å². The molecule has 0 bridgehead atoms. The van der Waals surface area contributed by atoms with Crippen LogP contribution in [0.15, 0.2) is 10.3 Å². The molecule has 1 rings (SSSR count). The number of nitrogens with one attached hydrogen (secondary N) is 1. The van der Waals surface area contributed by atoms with E-state index in [1.54, 1.807) is 13.0 Å². The topological polar surface area (TPSA) is 66.4 Å². The number of rotatable bonds is 2. The third-order valence-corrected chi connectivity index (χ3v) is 4.23. The van der Waals surface area contributed by atoms with E-state index in [1.165, 1.54) is 0 Å². The number of anilines is 1. The van der Waals surface area contributed by atoms with E-state index in [4.69, 9.17) is 4.55 Å². The summed E-state index contributed by atoms with van der Waals surface area (Å²) in [5, 5.41) is 0.587. The molecule has 12 heavy (non-hydrogen) atoms. The molecule has 1 aromatic heterocycles. The molecule has 0 unspecified atom stereocenters. The first-order valence-corrected chi connectivity index (χ1v) is 5.63. The number of aryl methyl sites for hydroxylation is 1. The van der Waals surface area contributed by atoms with Crippen molar-refractivity contribution in [3.8, 4) is 0 Å². The van der Waals surface area contributed by atoms with E-state index in [0.717, 1.165) is 11.3 Å². The van der Waals surface area contributed by atoms with E-state index in [-0.39, 0.29) is 4.21 Å². The highest BCUT2D eigenvalue weighted by atomic mass is 32.3. The molecule has 68 valence electrons. The Morgan fingerprint density at radius 2 is 2.25 bits per heavy atom. The van der Waals surface area contributed by atoms with Crippen LogP contribution in [0.4, 0.5) is 5.00 Å². The van der Waals surface area contributed by atoms with Crippen molar-refractivity contribution in [2.45, 2.75) is 11.1 Å². The molecular weight excluding hydrogens is 218 g/mol. The Hall–Kier alpha value is -0.240. The van der Waals surface area contributed by atoms with Crippen molar-refractivity contribution in [3.63, 3.8) is 0 Å². The number of hydrogen-bond acceptors (Lipinski definition) is 5. The summed E-state index contributed by atoms with van der Waals surface area (Å²) in [5.41, 5.74) is 0.513. The Labute approximate surface area is 79.9 Å². The van der Waals surface area contributed by atoms with Crippen LogP contribution in [0.2, 0.25) is 0 Å². The fraction of sp³-hybridized carbons (Fsp3) is 0.200. The number of thiophene rings is 1. The molecule has 0 aliphatic rings. The lowest BCUT2D eigenvalue weighted by Gasteiger charge is -1.91. The van der Waals surface area contributed by atoms with Gasteiger partial charge in [0, 0.05) is 0 Å². The van der Waals surface area contributed by atoms with Gasteiger partial charge in [-0.15, -0.1) is 11.3 Å². The second-order valence-corrected chi connectivity index (χ2v) is 5.06. The second kappa shape index (κ2) is 3.25. The first-order valence-electron chi connectivity index (χ1n) is 2.93. The van der Waals surface area contributed by atoms with Crippen LogP contribution in [-0.2, 0) is 10.1 Å². The molecule has 0 saturated carbocycles. The standard InChI is InChI=1S/C5H7NO3S3/c1-3-2-4(6-10)11-5(3)12(7,8)9/h2,6,10H,1H3,(H,7,8,9). The normalized spacial score (nSPS) is 11.6. The summed E-state index contributed by atoms with van der Waals surface area (Å²) in [5.74, 6) is 0. The van der Waals surface area contributed by atoms with E-state index in [0.29, 0.717) is 10.6 Å². The third-order valence-electron chi connectivity index (χ3n) is 1.22. The van der Waals surface area contributed by atoms with Crippen molar-refractivity contribution in [2.24, 2.45) is 0 Å². The number of thiol groups is 1. The highest BCUT2D eigenvalue weighted by Crippen LogP contribution is 2.30. The molecule has 0 spiro atoms. The second-order valence-electron chi connectivity index (χ2n) is 2.17. The van der Waals surface area contributed by atoms with Gasteiger partial charge < -0.3 is 4.72 Å². The van der Waals surface area contributed by atoms with Crippen LogP contribution >= 0.6 is 24.2 Å². The minimum Gasteiger partial charge on any atom is -0.324 e. The SMILES string of the molecule is Cc1cc(NS)sc1S(=O)(=O)O. The molecule has 1 heterocycles. The monoisotopic (exact) mass is 225 g/mol. The van der Waals surface area contributed by atoms with Crippen LogP contribution in [0.3, 0.4) is 0 Å². The maximum absolute atomic E-state index is 10.7. The van der Waals surface area contributed by atoms with Gasteiger partial charge in [-0.2, -0.15) is 8.42 Å². The summed E-state index contributed by atoms with van der Waals surface area (Å²) in [6, 6.07) is 1.60. The summed E-state index contributed by atoms with van der Waals surface area (Å²) < 4.78 is 32.6. The van der Waals surface area contributed by atoms with Crippen molar-refractivity contribution >= 4 is 39.3 Å². The van der Waals surface area contributed by atoms with E-state index in [9.17, 15) is 8.42 Å². The lowest BCUT2D eigenvalue weighted by Crippen LogP contribution is -1.95. The van der Waals surface area contributed by atoms with E-state index in [2.05, 4.69) is 17.5 Å². The molecule has 0 saturated heterocycles. The molecule has 1 aromatic rings.